The number of halogens is 1. The van der Waals surface area contributed by atoms with Gasteiger partial charge in [0.2, 0.25) is 0 Å². The third-order valence-electron chi connectivity index (χ3n) is 5.28. The summed E-state index contributed by atoms with van der Waals surface area (Å²) in [4.78, 5) is 12.5. The molecule has 1 heterocycles. The van der Waals surface area contributed by atoms with Crippen LogP contribution in [0.15, 0.2) is 16.7 Å². The van der Waals surface area contributed by atoms with Crippen molar-refractivity contribution < 1.29 is 4.79 Å². The average Bonchev–Trinajstić information content (AvgIpc) is 3.15. The maximum absolute atomic E-state index is 12.5. The summed E-state index contributed by atoms with van der Waals surface area (Å²) in [5.41, 5.74) is 1.14. The Balaban J connectivity index is 1.79. The monoisotopic (exact) mass is 324 g/mol. The first-order valence-corrected chi connectivity index (χ1v) is 7.72. The van der Waals surface area contributed by atoms with Gasteiger partial charge in [-0.05, 0) is 45.7 Å². The normalized spacial score (nSPS) is 24.3. The lowest BCUT2D eigenvalue weighted by molar-refractivity contribution is 0.0934. The van der Waals surface area contributed by atoms with Crippen LogP contribution in [0.4, 0.5) is 0 Å². The number of rotatable bonds is 3. The summed E-state index contributed by atoms with van der Waals surface area (Å²) < 4.78 is 3.10. The second kappa shape index (κ2) is 3.87. The zero-order chi connectivity index (χ0) is 14.0. The molecule has 19 heavy (non-hydrogen) atoms. The number of aromatic nitrogens is 1. The van der Waals surface area contributed by atoms with E-state index < -0.39 is 0 Å². The van der Waals surface area contributed by atoms with E-state index in [1.165, 1.54) is 12.8 Å². The molecule has 3 nitrogen and oxygen atoms in total. The van der Waals surface area contributed by atoms with Crippen LogP contribution in [0.2, 0.25) is 0 Å². The number of nitrogens with zero attached hydrogens (tertiary/aromatic N) is 1. The molecule has 0 aromatic carbocycles. The molecule has 1 amide bonds. The van der Waals surface area contributed by atoms with E-state index in [4.69, 9.17) is 0 Å². The van der Waals surface area contributed by atoms with Crippen molar-refractivity contribution in [3.05, 3.63) is 22.4 Å². The molecule has 2 aliphatic carbocycles. The van der Waals surface area contributed by atoms with Gasteiger partial charge >= 0.3 is 0 Å². The summed E-state index contributed by atoms with van der Waals surface area (Å²) in [7, 11) is 0. The van der Waals surface area contributed by atoms with E-state index in [1.807, 2.05) is 12.3 Å². The van der Waals surface area contributed by atoms with Gasteiger partial charge in [0.1, 0.15) is 5.69 Å². The van der Waals surface area contributed by atoms with Gasteiger partial charge in [0, 0.05) is 22.8 Å². The highest BCUT2D eigenvalue weighted by atomic mass is 79.9. The summed E-state index contributed by atoms with van der Waals surface area (Å²) in [6.07, 6.45) is 4.39. The molecule has 2 fully saturated rings. The lowest BCUT2D eigenvalue weighted by Crippen LogP contribution is -2.31. The average molecular weight is 325 g/mol. The minimum atomic E-state index is 0.0567. The first-order chi connectivity index (χ1) is 8.75. The van der Waals surface area contributed by atoms with Gasteiger partial charge in [-0.15, -0.1) is 0 Å². The van der Waals surface area contributed by atoms with Gasteiger partial charge < -0.3 is 9.88 Å². The van der Waals surface area contributed by atoms with Gasteiger partial charge in [-0.1, -0.05) is 27.7 Å². The first-order valence-electron chi connectivity index (χ1n) is 6.93. The van der Waals surface area contributed by atoms with Crippen LogP contribution >= 0.6 is 15.9 Å². The Morgan fingerprint density at radius 2 is 1.89 bits per heavy atom. The molecular formula is C15H21BrN2O. The van der Waals surface area contributed by atoms with Gasteiger partial charge in [0.25, 0.3) is 5.91 Å². The number of hydrogen-bond acceptors (Lipinski definition) is 1. The van der Waals surface area contributed by atoms with Gasteiger partial charge in [0.15, 0.2) is 0 Å². The molecular weight excluding hydrogens is 304 g/mol. The van der Waals surface area contributed by atoms with E-state index in [2.05, 4.69) is 53.5 Å². The van der Waals surface area contributed by atoms with E-state index in [-0.39, 0.29) is 22.8 Å². The summed E-state index contributed by atoms with van der Waals surface area (Å²) >= 11 is 3.47. The zero-order valence-corrected chi connectivity index (χ0v) is 13.5. The predicted molar refractivity (Wildman–Crippen MR) is 79.2 cm³/mol. The summed E-state index contributed by atoms with van der Waals surface area (Å²) in [5, 5.41) is 3.21. The number of nitrogens with one attached hydrogen (secondary N) is 1. The fourth-order valence-electron chi connectivity index (χ4n) is 3.04. The van der Waals surface area contributed by atoms with Crippen molar-refractivity contribution in [3.8, 4) is 0 Å². The minimum absolute atomic E-state index is 0.0567. The van der Waals surface area contributed by atoms with E-state index >= 15 is 0 Å². The van der Waals surface area contributed by atoms with E-state index in [9.17, 15) is 4.79 Å². The molecule has 0 atom stereocenters. The van der Waals surface area contributed by atoms with Crippen LogP contribution in [0.5, 0.6) is 0 Å². The third kappa shape index (κ3) is 1.95. The van der Waals surface area contributed by atoms with Crippen molar-refractivity contribution in [3.63, 3.8) is 0 Å². The SMILES string of the molecule is CC1(C)C(NC(=O)c2cc(Br)cn2C2CC2)C1(C)C. The van der Waals surface area contributed by atoms with Crippen molar-refractivity contribution >= 4 is 21.8 Å². The molecule has 2 aliphatic rings. The van der Waals surface area contributed by atoms with Gasteiger partial charge in [-0.3, -0.25) is 4.79 Å². The van der Waals surface area contributed by atoms with Crippen LogP contribution in [-0.2, 0) is 0 Å². The molecule has 0 aliphatic heterocycles. The fourth-order valence-corrected chi connectivity index (χ4v) is 3.48. The molecule has 0 unspecified atom stereocenters. The molecule has 0 bridgehead atoms. The zero-order valence-electron chi connectivity index (χ0n) is 12.0. The molecule has 1 aromatic heterocycles. The lowest BCUT2D eigenvalue weighted by Gasteiger charge is -2.10. The maximum atomic E-state index is 12.5. The first kappa shape index (κ1) is 13.2. The lowest BCUT2D eigenvalue weighted by atomic mass is 10.0. The Hall–Kier alpha value is -0.770. The van der Waals surface area contributed by atoms with E-state index in [0.29, 0.717) is 6.04 Å². The van der Waals surface area contributed by atoms with E-state index in [0.717, 1.165) is 10.2 Å². The molecule has 0 saturated heterocycles. The minimum Gasteiger partial charge on any atom is -0.347 e. The van der Waals surface area contributed by atoms with Crippen LogP contribution < -0.4 is 5.32 Å². The van der Waals surface area contributed by atoms with Crippen molar-refractivity contribution in [1.82, 2.24) is 9.88 Å². The standard InChI is InChI=1S/C15H21BrN2O/c1-14(2)13(15(14,3)4)17-12(19)11-7-9(16)8-18(11)10-5-6-10/h7-8,10,13H,5-6H2,1-4H3,(H,17,19). The molecule has 3 rings (SSSR count). The number of amides is 1. The molecule has 0 spiro atoms. The summed E-state index contributed by atoms with van der Waals surface area (Å²) in [6.45, 7) is 8.86. The van der Waals surface area contributed by atoms with Crippen LogP contribution in [-0.4, -0.2) is 16.5 Å². The second-order valence-corrected chi connectivity index (χ2v) is 7.95. The van der Waals surface area contributed by atoms with E-state index in [1.54, 1.807) is 0 Å². The molecule has 1 aromatic rings. The summed E-state index contributed by atoms with van der Waals surface area (Å²) in [6, 6.07) is 2.71. The van der Waals surface area contributed by atoms with Crippen LogP contribution in [0.25, 0.3) is 0 Å². The van der Waals surface area contributed by atoms with Crippen LogP contribution in [0.3, 0.4) is 0 Å². The van der Waals surface area contributed by atoms with Crippen LogP contribution in [0.1, 0.15) is 57.1 Å². The molecule has 1 N–H and O–H groups in total. The largest absolute Gasteiger partial charge is 0.347 e. The van der Waals surface area contributed by atoms with Gasteiger partial charge in [-0.25, -0.2) is 0 Å². The van der Waals surface area contributed by atoms with Crippen molar-refractivity contribution in [2.75, 3.05) is 0 Å². The Kier molecular flexibility index (Phi) is 2.70. The highest BCUT2D eigenvalue weighted by Crippen LogP contribution is 2.62. The molecule has 2 saturated carbocycles. The van der Waals surface area contributed by atoms with Crippen molar-refractivity contribution in [1.29, 1.82) is 0 Å². The van der Waals surface area contributed by atoms with Crippen molar-refractivity contribution in [2.45, 2.75) is 52.6 Å². The Labute approximate surface area is 122 Å². The summed E-state index contributed by atoms with van der Waals surface area (Å²) in [5.74, 6) is 0.0567. The highest BCUT2D eigenvalue weighted by molar-refractivity contribution is 9.10. The molecule has 0 radical (unpaired) electrons. The van der Waals surface area contributed by atoms with Crippen LogP contribution in [0, 0.1) is 10.8 Å². The Morgan fingerprint density at radius 1 is 1.32 bits per heavy atom. The Bertz CT molecular complexity index is 526. The second-order valence-electron chi connectivity index (χ2n) is 7.03. The Morgan fingerprint density at radius 3 is 2.37 bits per heavy atom. The third-order valence-corrected chi connectivity index (χ3v) is 5.72. The maximum Gasteiger partial charge on any atom is 0.268 e. The number of carbonyl (C=O) groups is 1. The van der Waals surface area contributed by atoms with Gasteiger partial charge in [0.05, 0.1) is 0 Å². The smallest absolute Gasteiger partial charge is 0.268 e. The van der Waals surface area contributed by atoms with Crippen molar-refractivity contribution in [2.24, 2.45) is 10.8 Å². The quantitative estimate of drug-likeness (QED) is 0.902. The molecule has 104 valence electrons. The number of carbonyl (C=O) groups excluding carboxylic acids is 1. The highest BCUT2D eigenvalue weighted by Gasteiger charge is 2.65. The fraction of sp³-hybridized carbons (Fsp3) is 0.667. The topological polar surface area (TPSA) is 34.0 Å². The molecule has 4 heteroatoms. The number of hydrogen-bond donors (Lipinski definition) is 1. The van der Waals surface area contributed by atoms with Gasteiger partial charge in [-0.2, -0.15) is 0 Å². The predicted octanol–water partition coefficient (Wildman–Crippen LogP) is 3.75.